The number of nitrogens with one attached hydrogen (secondary N) is 1. The van der Waals surface area contributed by atoms with Gasteiger partial charge in [-0.05, 0) is 48.7 Å². The zero-order valence-corrected chi connectivity index (χ0v) is 18.1. The molecular formula is C21H18Cl2F3N5O. The Morgan fingerprint density at radius 3 is 2.62 bits per heavy atom. The molecule has 2 heterocycles. The van der Waals surface area contributed by atoms with Gasteiger partial charge in [-0.25, -0.2) is 14.5 Å². The summed E-state index contributed by atoms with van der Waals surface area (Å²) in [6, 6.07) is 9.75. The van der Waals surface area contributed by atoms with Gasteiger partial charge < -0.3 is 10.2 Å². The van der Waals surface area contributed by atoms with E-state index in [0.29, 0.717) is 30.4 Å². The summed E-state index contributed by atoms with van der Waals surface area (Å²) in [7, 11) is 0. The van der Waals surface area contributed by atoms with Gasteiger partial charge in [-0.15, -0.1) is 0 Å². The molecule has 1 saturated heterocycles. The molecule has 11 heteroatoms. The van der Waals surface area contributed by atoms with Gasteiger partial charge in [0.05, 0.1) is 23.2 Å². The van der Waals surface area contributed by atoms with Crippen molar-refractivity contribution in [3.63, 3.8) is 0 Å². The zero-order chi connectivity index (χ0) is 22.9. The third kappa shape index (κ3) is 4.83. The number of hydrogen-bond donors (Lipinski definition) is 1. The molecule has 1 aliphatic rings. The molecule has 168 valence electrons. The summed E-state index contributed by atoms with van der Waals surface area (Å²) in [5.41, 5.74) is -0.0198. The Bertz CT molecular complexity index is 1120. The number of rotatable bonds is 4. The van der Waals surface area contributed by atoms with Crippen LogP contribution in [0.25, 0.3) is 0 Å². The molecular weight excluding hydrogens is 466 g/mol. The second-order valence-corrected chi connectivity index (χ2v) is 8.22. The summed E-state index contributed by atoms with van der Waals surface area (Å²) in [6.07, 6.45) is -1.79. The number of aromatic nitrogens is 3. The van der Waals surface area contributed by atoms with E-state index in [1.807, 2.05) is 12.1 Å². The predicted molar refractivity (Wildman–Crippen MR) is 115 cm³/mol. The number of hydrogen-bond acceptors (Lipinski definition) is 3. The number of urea groups is 1. The highest BCUT2D eigenvalue weighted by atomic mass is 35.5. The maximum absolute atomic E-state index is 13.1. The van der Waals surface area contributed by atoms with Gasteiger partial charge in [0, 0.05) is 17.3 Å². The van der Waals surface area contributed by atoms with Gasteiger partial charge in [0.25, 0.3) is 0 Å². The molecule has 0 saturated carbocycles. The number of anilines is 1. The number of halogens is 5. The summed E-state index contributed by atoms with van der Waals surface area (Å²) in [4.78, 5) is 18.8. The van der Waals surface area contributed by atoms with Gasteiger partial charge in [0.1, 0.15) is 12.2 Å². The van der Waals surface area contributed by atoms with E-state index in [-0.39, 0.29) is 11.7 Å². The summed E-state index contributed by atoms with van der Waals surface area (Å²) >= 11 is 11.6. The fourth-order valence-corrected chi connectivity index (χ4v) is 4.06. The molecule has 1 unspecified atom stereocenters. The molecule has 1 atom stereocenters. The lowest BCUT2D eigenvalue weighted by Gasteiger charge is -2.25. The first-order valence-corrected chi connectivity index (χ1v) is 10.5. The number of nitrogens with zero attached hydrogens (tertiary/aromatic N) is 4. The molecule has 32 heavy (non-hydrogen) atoms. The zero-order valence-electron chi connectivity index (χ0n) is 16.6. The lowest BCUT2D eigenvalue weighted by Crippen LogP contribution is -2.35. The van der Waals surface area contributed by atoms with Crippen molar-refractivity contribution < 1.29 is 18.0 Å². The topological polar surface area (TPSA) is 63.1 Å². The van der Waals surface area contributed by atoms with Crippen molar-refractivity contribution >= 4 is 34.9 Å². The smallest absolute Gasteiger partial charge is 0.314 e. The Morgan fingerprint density at radius 1 is 1.16 bits per heavy atom. The number of amides is 2. The fraction of sp³-hybridized carbons (Fsp3) is 0.286. The summed E-state index contributed by atoms with van der Waals surface area (Å²) < 4.78 is 41.1. The SMILES string of the molecule is O=C(Nc1ccc(Cl)c(C(F)(F)F)c1)N1CCCC1c1ncnn1Cc1ccc(Cl)cc1. The second kappa shape index (κ2) is 8.99. The summed E-state index contributed by atoms with van der Waals surface area (Å²) in [6.45, 7) is 0.897. The molecule has 0 radical (unpaired) electrons. The van der Waals surface area contributed by atoms with Crippen molar-refractivity contribution in [3.8, 4) is 0 Å². The fourth-order valence-electron chi connectivity index (χ4n) is 3.71. The molecule has 1 fully saturated rings. The van der Waals surface area contributed by atoms with Crippen molar-refractivity contribution in [3.05, 3.63) is 75.8 Å². The maximum Gasteiger partial charge on any atom is 0.417 e. The Balaban J connectivity index is 1.52. The number of carbonyl (C=O) groups excluding carboxylic acids is 1. The molecule has 2 amide bonds. The van der Waals surface area contributed by atoms with E-state index >= 15 is 0 Å². The lowest BCUT2D eigenvalue weighted by atomic mass is 10.2. The van der Waals surface area contributed by atoms with Crippen molar-refractivity contribution in [1.29, 1.82) is 0 Å². The molecule has 0 spiro atoms. The van der Waals surface area contributed by atoms with E-state index in [4.69, 9.17) is 23.2 Å². The van der Waals surface area contributed by atoms with Crippen LogP contribution in [0.5, 0.6) is 0 Å². The molecule has 3 aromatic rings. The quantitative estimate of drug-likeness (QED) is 0.493. The normalized spacial score (nSPS) is 16.4. The third-order valence-corrected chi connectivity index (χ3v) is 5.81. The van der Waals surface area contributed by atoms with Gasteiger partial charge in [0.2, 0.25) is 0 Å². The average Bonchev–Trinajstić information content (AvgIpc) is 3.39. The van der Waals surface area contributed by atoms with Crippen LogP contribution < -0.4 is 5.32 Å². The van der Waals surface area contributed by atoms with Crippen molar-refractivity contribution in [1.82, 2.24) is 19.7 Å². The highest BCUT2D eigenvalue weighted by molar-refractivity contribution is 6.31. The van der Waals surface area contributed by atoms with Gasteiger partial charge in [-0.3, -0.25) is 0 Å². The summed E-state index contributed by atoms with van der Waals surface area (Å²) in [5, 5.41) is 7.03. The Hall–Kier alpha value is -2.78. The highest BCUT2D eigenvalue weighted by Gasteiger charge is 2.35. The predicted octanol–water partition coefficient (Wildman–Crippen LogP) is 6.02. The largest absolute Gasteiger partial charge is 0.417 e. The number of carbonyl (C=O) groups is 1. The minimum absolute atomic E-state index is 0.0139. The van der Waals surface area contributed by atoms with Crippen LogP contribution in [0, 0.1) is 0 Å². The van der Waals surface area contributed by atoms with Crippen molar-refractivity contribution in [2.45, 2.75) is 31.6 Å². The Labute approximate surface area is 191 Å². The Kier molecular flexibility index (Phi) is 6.30. The standard InChI is InChI=1S/C21H18Cl2F3N5O/c22-14-5-3-13(4-6-14)11-31-19(27-12-28-31)18-2-1-9-30(18)20(32)29-15-7-8-17(23)16(10-15)21(24,25)26/h3-8,10,12,18H,1-2,9,11H2,(H,29,32). The Morgan fingerprint density at radius 2 is 1.91 bits per heavy atom. The van der Waals surface area contributed by atoms with Crippen LogP contribution in [0.3, 0.4) is 0 Å². The third-order valence-electron chi connectivity index (χ3n) is 5.23. The van der Waals surface area contributed by atoms with Crippen molar-refractivity contribution in [2.75, 3.05) is 11.9 Å². The molecule has 1 N–H and O–H groups in total. The van der Waals surface area contributed by atoms with Crippen LogP contribution in [-0.2, 0) is 12.7 Å². The van der Waals surface area contributed by atoms with E-state index in [2.05, 4.69) is 15.4 Å². The number of likely N-dealkylation sites (tertiary alicyclic amines) is 1. The van der Waals surface area contributed by atoms with Crippen LogP contribution in [0.2, 0.25) is 10.0 Å². The molecule has 0 bridgehead atoms. The minimum atomic E-state index is -4.62. The van der Waals surface area contributed by atoms with E-state index in [9.17, 15) is 18.0 Å². The van der Waals surface area contributed by atoms with Crippen LogP contribution >= 0.6 is 23.2 Å². The summed E-state index contributed by atoms with van der Waals surface area (Å²) in [5.74, 6) is 0.611. The van der Waals surface area contributed by atoms with Gasteiger partial charge in [-0.2, -0.15) is 18.3 Å². The molecule has 1 aromatic heterocycles. The first kappa shape index (κ1) is 22.4. The lowest BCUT2D eigenvalue weighted by molar-refractivity contribution is -0.137. The van der Waals surface area contributed by atoms with E-state index in [1.54, 1.807) is 21.7 Å². The maximum atomic E-state index is 13.1. The number of alkyl halides is 3. The van der Waals surface area contributed by atoms with Crippen LogP contribution in [0.4, 0.5) is 23.7 Å². The average molecular weight is 484 g/mol. The monoisotopic (exact) mass is 483 g/mol. The molecule has 1 aliphatic heterocycles. The van der Waals surface area contributed by atoms with E-state index in [1.165, 1.54) is 12.4 Å². The first-order valence-electron chi connectivity index (χ1n) is 9.79. The minimum Gasteiger partial charge on any atom is -0.314 e. The van der Waals surface area contributed by atoms with Crippen LogP contribution in [0.15, 0.2) is 48.8 Å². The molecule has 6 nitrogen and oxygen atoms in total. The van der Waals surface area contributed by atoms with Crippen LogP contribution in [0.1, 0.15) is 35.8 Å². The molecule has 4 rings (SSSR count). The second-order valence-electron chi connectivity index (χ2n) is 7.38. The van der Waals surface area contributed by atoms with Gasteiger partial charge in [-0.1, -0.05) is 35.3 Å². The first-order chi connectivity index (χ1) is 15.2. The highest BCUT2D eigenvalue weighted by Crippen LogP contribution is 2.37. The van der Waals surface area contributed by atoms with Gasteiger partial charge in [0.15, 0.2) is 0 Å². The van der Waals surface area contributed by atoms with E-state index < -0.39 is 22.8 Å². The molecule has 0 aliphatic carbocycles. The van der Waals surface area contributed by atoms with Gasteiger partial charge >= 0.3 is 12.2 Å². The van der Waals surface area contributed by atoms with Crippen LogP contribution in [-0.4, -0.2) is 32.2 Å². The van der Waals surface area contributed by atoms with Crippen molar-refractivity contribution in [2.24, 2.45) is 0 Å². The molecule has 2 aromatic carbocycles. The number of benzene rings is 2. The van der Waals surface area contributed by atoms with E-state index in [0.717, 1.165) is 24.1 Å².